The van der Waals surface area contributed by atoms with E-state index in [2.05, 4.69) is 5.73 Å². The van der Waals surface area contributed by atoms with Crippen LogP contribution in [-0.2, 0) is 0 Å². The Morgan fingerprint density at radius 3 is 2.27 bits per heavy atom. The Kier molecular flexibility index (Phi) is 3.68. The normalized spacial score (nSPS) is 8.18. The van der Waals surface area contributed by atoms with Crippen molar-refractivity contribution in [3.8, 4) is 5.88 Å². The number of hydrogen-bond acceptors (Lipinski definition) is 3. The molecule has 0 spiro atoms. The summed E-state index contributed by atoms with van der Waals surface area (Å²) in [7, 11) is 1.75. The predicted octanol–water partition coefficient (Wildman–Crippen LogP) is -3.01. The molecule has 0 atom stereocenters. The van der Waals surface area contributed by atoms with Crippen LogP contribution in [0.5, 0.6) is 5.88 Å². The van der Waals surface area contributed by atoms with E-state index in [1.165, 1.54) is 0 Å². The summed E-state index contributed by atoms with van der Waals surface area (Å²) in [5.74, 6) is -0.677. The zero-order valence-electron chi connectivity index (χ0n) is 6.01. The van der Waals surface area contributed by atoms with Crippen LogP contribution in [0.25, 0.3) is 0 Å². The maximum absolute atomic E-state index is 10.2. The van der Waals surface area contributed by atoms with Crippen molar-refractivity contribution in [2.45, 2.75) is 0 Å². The van der Waals surface area contributed by atoms with E-state index < -0.39 is 17.1 Å². The molecule has 0 fully saturated rings. The number of rotatable bonds is 0. The van der Waals surface area contributed by atoms with Crippen molar-refractivity contribution >= 4 is 0 Å². The van der Waals surface area contributed by atoms with Crippen LogP contribution in [0.15, 0.2) is 15.7 Å². The molecule has 0 saturated heterocycles. The zero-order chi connectivity index (χ0) is 8.85. The van der Waals surface area contributed by atoms with Gasteiger partial charge < -0.3 is 15.8 Å². The van der Waals surface area contributed by atoms with Crippen LogP contribution in [0.4, 0.5) is 0 Å². The van der Waals surface area contributed by atoms with E-state index in [1.807, 2.05) is 9.97 Å². The molecule has 11 heavy (non-hydrogen) atoms. The highest BCUT2D eigenvalue weighted by atomic mass is 16.3. The molecule has 0 aliphatic carbocycles. The molecule has 62 valence electrons. The predicted molar refractivity (Wildman–Crippen MR) is 35.9 cm³/mol. The lowest BCUT2D eigenvalue weighted by Gasteiger charge is -1.98. The van der Waals surface area contributed by atoms with E-state index in [0.29, 0.717) is 0 Å². The summed E-state index contributed by atoms with van der Waals surface area (Å²) in [5, 5.41) is 10.2. The Hall–Kier alpha value is -1.56. The first-order valence-corrected chi connectivity index (χ1v) is 2.90. The fourth-order valence-electron chi connectivity index (χ4n) is 0.446. The fourth-order valence-corrected chi connectivity index (χ4v) is 0.446. The average Bonchev–Trinajstić information content (AvgIpc) is 1.88. The number of nitrogens with one attached hydrogen (secondary N) is 2. The van der Waals surface area contributed by atoms with Gasteiger partial charge in [0.1, 0.15) is 0 Å². The van der Waals surface area contributed by atoms with Crippen LogP contribution in [0.2, 0.25) is 0 Å². The summed E-state index contributed by atoms with van der Waals surface area (Å²) < 4.78 is 0. The summed E-state index contributed by atoms with van der Waals surface area (Å²) in [4.78, 5) is 24.1. The van der Waals surface area contributed by atoms with Crippen LogP contribution in [0.1, 0.15) is 0 Å². The second-order valence-electron chi connectivity index (χ2n) is 1.45. The Morgan fingerprint density at radius 2 is 1.91 bits per heavy atom. The van der Waals surface area contributed by atoms with Gasteiger partial charge in [0.05, 0.1) is 7.05 Å². The second-order valence-corrected chi connectivity index (χ2v) is 1.45. The minimum Gasteiger partial charge on any atom is -0.860 e. The van der Waals surface area contributed by atoms with Crippen molar-refractivity contribution in [2.24, 2.45) is 0 Å². The first-order chi connectivity index (χ1) is 5.18. The Bertz CT molecular complexity index is 285. The minimum atomic E-state index is -0.771. The van der Waals surface area contributed by atoms with Gasteiger partial charge in [-0.3, -0.25) is 9.78 Å². The van der Waals surface area contributed by atoms with E-state index in [1.54, 1.807) is 7.05 Å². The summed E-state index contributed by atoms with van der Waals surface area (Å²) in [6.07, 6.45) is 0. The molecule has 6 heteroatoms. The standard InChI is InChI=1S/C4H4N2O3.CH5N/c7-2-1-3(8)6-4(9)5-2;1-2/h1H,(H3,5,6,7,8,9);2H2,1H3. The van der Waals surface area contributed by atoms with Gasteiger partial charge in [0.2, 0.25) is 0 Å². The monoisotopic (exact) mass is 159 g/mol. The molecule has 0 aliphatic heterocycles. The lowest BCUT2D eigenvalue weighted by molar-refractivity contribution is -0.325. The van der Waals surface area contributed by atoms with Gasteiger partial charge in [-0.15, -0.1) is 0 Å². The Morgan fingerprint density at radius 1 is 1.36 bits per heavy atom. The molecule has 1 aromatic heterocycles. The molecule has 0 amide bonds. The SMILES string of the molecule is C[NH3+].O=c1cc([O-])[nH]c(=O)[nH]1. The summed E-state index contributed by atoms with van der Waals surface area (Å²) in [6, 6.07) is 0.765. The Balaban J connectivity index is 0.000000461. The van der Waals surface area contributed by atoms with Gasteiger partial charge in [-0.25, -0.2) is 4.79 Å². The molecule has 0 aliphatic rings. The van der Waals surface area contributed by atoms with Crippen LogP contribution in [-0.4, -0.2) is 17.0 Å². The summed E-state index contributed by atoms with van der Waals surface area (Å²) in [5.41, 5.74) is 1.80. The van der Waals surface area contributed by atoms with E-state index in [9.17, 15) is 14.7 Å². The summed E-state index contributed by atoms with van der Waals surface area (Å²) in [6.45, 7) is 0. The molecular weight excluding hydrogens is 150 g/mol. The first kappa shape index (κ1) is 9.44. The van der Waals surface area contributed by atoms with Crippen LogP contribution >= 0.6 is 0 Å². The zero-order valence-corrected chi connectivity index (χ0v) is 6.01. The lowest BCUT2D eigenvalue weighted by atomic mass is 10.6. The maximum atomic E-state index is 10.2. The number of quaternary nitrogens is 1. The van der Waals surface area contributed by atoms with Crippen molar-refractivity contribution in [3.05, 3.63) is 26.9 Å². The largest absolute Gasteiger partial charge is 0.860 e. The molecule has 6 nitrogen and oxygen atoms in total. The van der Waals surface area contributed by atoms with Gasteiger partial charge in [0, 0.05) is 6.07 Å². The highest BCUT2D eigenvalue weighted by Gasteiger charge is 1.82. The average molecular weight is 159 g/mol. The third-order valence-corrected chi connectivity index (χ3v) is 0.736. The van der Waals surface area contributed by atoms with E-state index in [0.717, 1.165) is 6.07 Å². The molecule has 0 saturated carbocycles. The van der Waals surface area contributed by atoms with Crippen molar-refractivity contribution in [1.29, 1.82) is 0 Å². The molecule has 0 radical (unpaired) electrons. The highest BCUT2D eigenvalue weighted by molar-refractivity contribution is 4.99. The third kappa shape index (κ3) is 3.21. The van der Waals surface area contributed by atoms with Gasteiger partial charge in [-0.1, -0.05) is 0 Å². The van der Waals surface area contributed by atoms with Gasteiger partial charge in [-0.05, 0) is 5.88 Å². The fraction of sp³-hybridized carbons (Fsp3) is 0.200. The number of hydrogen-bond donors (Lipinski definition) is 3. The highest BCUT2D eigenvalue weighted by Crippen LogP contribution is 1.80. The smallest absolute Gasteiger partial charge is 0.325 e. The first-order valence-electron chi connectivity index (χ1n) is 2.90. The quantitative estimate of drug-likeness (QED) is 0.374. The third-order valence-electron chi connectivity index (χ3n) is 0.736. The second kappa shape index (κ2) is 4.29. The molecule has 0 aromatic carbocycles. The Labute approximate surface area is 61.7 Å². The van der Waals surface area contributed by atoms with Gasteiger partial charge in [0.25, 0.3) is 5.56 Å². The number of aromatic amines is 2. The van der Waals surface area contributed by atoms with E-state index >= 15 is 0 Å². The van der Waals surface area contributed by atoms with Crippen molar-refractivity contribution < 1.29 is 10.8 Å². The van der Waals surface area contributed by atoms with Crippen LogP contribution < -0.4 is 22.1 Å². The maximum Gasteiger partial charge on any atom is 0.325 e. The van der Waals surface area contributed by atoms with Gasteiger partial charge in [-0.2, -0.15) is 0 Å². The molecule has 1 heterocycles. The molecule has 1 aromatic rings. The lowest BCUT2D eigenvalue weighted by Crippen LogP contribution is -2.40. The molecule has 1 rings (SSSR count). The topological polar surface area (TPSA) is 116 Å². The summed E-state index contributed by atoms with van der Waals surface area (Å²) >= 11 is 0. The number of H-pyrrole nitrogens is 2. The number of aromatic nitrogens is 2. The molecule has 0 bridgehead atoms. The van der Waals surface area contributed by atoms with Gasteiger partial charge in [0.15, 0.2) is 0 Å². The van der Waals surface area contributed by atoms with Crippen molar-refractivity contribution in [1.82, 2.24) is 9.97 Å². The van der Waals surface area contributed by atoms with Crippen LogP contribution in [0, 0.1) is 0 Å². The van der Waals surface area contributed by atoms with Crippen molar-refractivity contribution in [3.63, 3.8) is 0 Å². The van der Waals surface area contributed by atoms with Crippen LogP contribution in [0.3, 0.4) is 0 Å². The van der Waals surface area contributed by atoms with E-state index in [4.69, 9.17) is 0 Å². The molecule has 5 N–H and O–H groups in total. The molecular formula is C5H9N3O3. The minimum absolute atomic E-state index is 0.677. The van der Waals surface area contributed by atoms with Gasteiger partial charge >= 0.3 is 5.69 Å². The van der Waals surface area contributed by atoms with Crippen molar-refractivity contribution in [2.75, 3.05) is 7.05 Å². The van der Waals surface area contributed by atoms with E-state index in [-0.39, 0.29) is 0 Å². The molecule has 0 unspecified atom stereocenters.